The number of thiazole rings is 1. The number of ether oxygens (including phenoxy) is 1. The van der Waals surface area contributed by atoms with E-state index in [-0.39, 0.29) is 17.6 Å². The van der Waals surface area contributed by atoms with E-state index in [9.17, 15) is 18.0 Å². The molecule has 1 aliphatic heterocycles. The van der Waals surface area contributed by atoms with E-state index in [2.05, 4.69) is 4.98 Å². The summed E-state index contributed by atoms with van der Waals surface area (Å²) in [6.07, 6.45) is -4.71. The van der Waals surface area contributed by atoms with Gasteiger partial charge in [0, 0.05) is 5.38 Å². The summed E-state index contributed by atoms with van der Waals surface area (Å²) in [5.74, 6) is -0.380. The van der Waals surface area contributed by atoms with Crippen molar-refractivity contribution in [1.82, 2.24) is 4.98 Å². The predicted molar refractivity (Wildman–Crippen MR) is 90.4 cm³/mol. The van der Waals surface area contributed by atoms with Crippen LogP contribution in [0.25, 0.3) is 10.2 Å². The van der Waals surface area contributed by atoms with Crippen LogP contribution in [0.5, 0.6) is 0 Å². The van der Waals surface area contributed by atoms with Gasteiger partial charge in [-0.1, -0.05) is 17.4 Å². The van der Waals surface area contributed by atoms with Crippen LogP contribution in [0.1, 0.15) is 15.9 Å². The highest BCUT2D eigenvalue weighted by Crippen LogP contribution is 2.39. The smallest absolute Gasteiger partial charge is 0.418 e. The van der Waals surface area contributed by atoms with Crippen LogP contribution in [-0.4, -0.2) is 30.1 Å². The lowest BCUT2D eigenvalue weighted by molar-refractivity contribution is -0.136. The minimum atomic E-state index is -4.43. The van der Waals surface area contributed by atoms with E-state index < -0.39 is 11.7 Å². The Hall–Kier alpha value is -2.13. The molecule has 0 aliphatic carbocycles. The van der Waals surface area contributed by atoms with Gasteiger partial charge >= 0.3 is 12.1 Å². The fourth-order valence-corrected chi connectivity index (χ4v) is 4.21. The molecule has 4 nitrogen and oxygen atoms in total. The van der Waals surface area contributed by atoms with Gasteiger partial charge in [0.2, 0.25) is 0 Å². The van der Waals surface area contributed by atoms with Crippen molar-refractivity contribution in [3.8, 4) is 0 Å². The molecule has 130 valence electrons. The molecule has 0 bridgehead atoms. The van der Waals surface area contributed by atoms with Crippen molar-refractivity contribution >= 4 is 44.0 Å². The second-order valence-corrected chi connectivity index (χ2v) is 7.38. The van der Waals surface area contributed by atoms with Gasteiger partial charge in [-0.15, -0.1) is 0 Å². The van der Waals surface area contributed by atoms with Gasteiger partial charge in [0.25, 0.3) is 0 Å². The van der Waals surface area contributed by atoms with E-state index in [1.807, 2.05) is 4.90 Å². The first kappa shape index (κ1) is 16.3. The average Bonchev–Trinajstić information content (AvgIpc) is 3.17. The summed E-state index contributed by atoms with van der Waals surface area (Å²) >= 11 is 2.62. The number of rotatable bonds is 3. The maximum atomic E-state index is 13.1. The second kappa shape index (κ2) is 5.99. The Bertz CT molecular complexity index is 915. The number of hydrogen-bond acceptors (Lipinski definition) is 6. The fraction of sp³-hybridized carbons (Fsp3) is 0.250. The Kier molecular flexibility index (Phi) is 3.92. The number of fused-ring (bicyclic) bond motifs is 1. The SMILES string of the molecule is O=C(OC1CN(c2nc3c(C(F)(F)F)cccc3s2)C1)c1ccsc1. The monoisotopic (exact) mass is 384 g/mol. The van der Waals surface area contributed by atoms with E-state index in [0.717, 1.165) is 6.07 Å². The summed E-state index contributed by atoms with van der Waals surface area (Å²) in [6.45, 7) is 0.855. The number of benzene rings is 1. The summed E-state index contributed by atoms with van der Waals surface area (Å²) in [6, 6.07) is 5.73. The molecule has 0 saturated carbocycles. The summed E-state index contributed by atoms with van der Waals surface area (Å²) < 4.78 is 45.0. The topological polar surface area (TPSA) is 42.4 Å². The number of para-hydroxylation sites is 1. The quantitative estimate of drug-likeness (QED) is 0.627. The number of esters is 1. The maximum Gasteiger partial charge on any atom is 0.418 e. The van der Waals surface area contributed by atoms with Crippen LogP contribution < -0.4 is 4.90 Å². The van der Waals surface area contributed by atoms with Gasteiger partial charge in [0.15, 0.2) is 5.13 Å². The van der Waals surface area contributed by atoms with Crippen LogP contribution in [0.3, 0.4) is 0 Å². The number of alkyl halides is 3. The van der Waals surface area contributed by atoms with E-state index >= 15 is 0 Å². The molecule has 1 saturated heterocycles. The number of thiophene rings is 1. The van der Waals surface area contributed by atoms with Crippen LogP contribution in [0, 0.1) is 0 Å². The van der Waals surface area contributed by atoms with Crippen LogP contribution in [0.15, 0.2) is 35.0 Å². The standard InChI is InChI=1S/C16H11F3N2O2S2/c17-16(18,19)11-2-1-3-12-13(11)20-15(25-12)21-6-10(7-21)23-14(22)9-4-5-24-8-9/h1-5,8,10H,6-7H2. The first-order valence-electron chi connectivity index (χ1n) is 7.37. The summed E-state index contributed by atoms with van der Waals surface area (Å²) in [4.78, 5) is 17.8. The number of anilines is 1. The van der Waals surface area contributed by atoms with Crippen LogP contribution in [-0.2, 0) is 10.9 Å². The first-order chi connectivity index (χ1) is 11.9. The molecule has 2 aromatic heterocycles. The van der Waals surface area contributed by atoms with Crippen LogP contribution in [0.2, 0.25) is 0 Å². The van der Waals surface area contributed by atoms with E-state index in [4.69, 9.17) is 4.74 Å². The van der Waals surface area contributed by atoms with E-state index in [0.29, 0.717) is 28.5 Å². The third-order valence-corrected chi connectivity index (χ3v) is 5.63. The molecule has 3 heterocycles. The molecule has 0 N–H and O–H groups in total. The third kappa shape index (κ3) is 3.09. The minimum Gasteiger partial charge on any atom is -0.455 e. The number of aromatic nitrogens is 1. The van der Waals surface area contributed by atoms with Crippen molar-refractivity contribution in [1.29, 1.82) is 0 Å². The molecule has 0 amide bonds. The second-order valence-electron chi connectivity index (χ2n) is 5.59. The van der Waals surface area contributed by atoms with Crippen molar-refractivity contribution in [2.45, 2.75) is 12.3 Å². The molecule has 25 heavy (non-hydrogen) atoms. The molecule has 0 unspecified atom stereocenters. The largest absolute Gasteiger partial charge is 0.455 e. The van der Waals surface area contributed by atoms with Crippen molar-refractivity contribution in [2.24, 2.45) is 0 Å². The van der Waals surface area contributed by atoms with Crippen molar-refractivity contribution < 1.29 is 22.7 Å². The first-order valence-corrected chi connectivity index (χ1v) is 9.12. The average molecular weight is 384 g/mol. The molecule has 1 aliphatic rings. The zero-order valence-corrected chi connectivity index (χ0v) is 14.2. The Balaban J connectivity index is 1.47. The number of halogens is 3. The van der Waals surface area contributed by atoms with Crippen LogP contribution in [0.4, 0.5) is 18.3 Å². The van der Waals surface area contributed by atoms with Crippen molar-refractivity contribution in [3.63, 3.8) is 0 Å². The fourth-order valence-electron chi connectivity index (χ4n) is 2.57. The van der Waals surface area contributed by atoms with Gasteiger partial charge in [-0.3, -0.25) is 0 Å². The Morgan fingerprint density at radius 3 is 2.76 bits per heavy atom. The number of carbonyl (C=O) groups excluding carboxylic acids is 1. The zero-order valence-electron chi connectivity index (χ0n) is 12.6. The lowest BCUT2D eigenvalue weighted by Crippen LogP contribution is -2.53. The molecular weight excluding hydrogens is 373 g/mol. The number of nitrogens with zero attached hydrogens (tertiary/aromatic N) is 2. The van der Waals surface area contributed by atoms with Crippen molar-refractivity contribution in [2.75, 3.05) is 18.0 Å². The Labute approximate surface area is 148 Å². The van der Waals surface area contributed by atoms with E-state index in [1.54, 1.807) is 22.9 Å². The normalized spacial score (nSPS) is 15.4. The summed E-state index contributed by atoms with van der Waals surface area (Å²) in [5, 5.41) is 4.02. The summed E-state index contributed by atoms with van der Waals surface area (Å²) in [7, 11) is 0. The van der Waals surface area contributed by atoms with E-state index in [1.165, 1.54) is 28.7 Å². The minimum absolute atomic E-state index is 0.0336. The van der Waals surface area contributed by atoms with Gasteiger partial charge in [0.1, 0.15) is 6.10 Å². The zero-order chi connectivity index (χ0) is 17.6. The van der Waals surface area contributed by atoms with Crippen LogP contribution >= 0.6 is 22.7 Å². The van der Waals surface area contributed by atoms with Crippen molar-refractivity contribution in [3.05, 3.63) is 46.2 Å². The van der Waals surface area contributed by atoms with Gasteiger partial charge in [-0.2, -0.15) is 24.5 Å². The number of carbonyl (C=O) groups is 1. The molecule has 1 fully saturated rings. The highest BCUT2D eigenvalue weighted by molar-refractivity contribution is 7.22. The molecular formula is C16H11F3N2O2S2. The highest BCUT2D eigenvalue weighted by Gasteiger charge is 2.36. The molecule has 9 heteroatoms. The maximum absolute atomic E-state index is 13.1. The molecule has 0 spiro atoms. The summed E-state index contributed by atoms with van der Waals surface area (Å²) in [5.41, 5.74) is -0.250. The molecule has 3 aromatic rings. The van der Waals surface area contributed by atoms with Gasteiger partial charge in [-0.05, 0) is 23.6 Å². The Morgan fingerprint density at radius 1 is 1.28 bits per heavy atom. The molecule has 0 radical (unpaired) electrons. The lowest BCUT2D eigenvalue weighted by atomic mass is 10.2. The lowest BCUT2D eigenvalue weighted by Gasteiger charge is -2.38. The Morgan fingerprint density at radius 2 is 2.08 bits per heavy atom. The molecule has 1 aromatic carbocycles. The van der Waals surface area contributed by atoms with Gasteiger partial charge in [-0.25, -0.2) is 9.78 Å². The molecule has 0 atom stereocenters. The predicted octanol–water partition coefficient (Wildman–Crippen LogP) is 4.42. The van der Waals surface area contributed by atoms with Gasteiger partial charge in [0.05, 0.1) is 34.4 Å². The molecule has 4 rings (SSSR count). The highest BCUT2D eigenvalue weighted by atomic mass is 32.1. The number of hydrogen-bond donors (Lipinski definition) is 0. The third-order valence-electron chi connectivity index (χ3n) is 3.86. The van der Waals surface area contributed by atoms with Gasteiger partial charge < -0.3 is 9.64 Å².